The van der Waals surface area contributed by atoms with E-state index in [-0.39, 0.29) is 12.5 Å². The number of carbonyl (C=O) groups excluding carboxylic acids is 1. The molecule has 2 aromatic rings. The van der Waals surface area contributed by atoms with Crippen molar-refractivity contribution in [1.82, 2.24) is 5.32 Å². The van der Waals surface area contributed by atoms with Gasteiger partial charge >= 0.3 is 0 Å². The molecule has 0 aliphatic rings. The maximum absolute atomic E-state index is 12.3. The smallest absolute Gasteiger partial charge is 0.251 e. The molecule has 1 amide bonds. The Balaban J connectivity index is 2.18. The fourth-order valence-corrected chi connectivity index (χ4v) is 3.61. The molecule has 0 atom stereocenters. The average molecular weight is 409 g/mol. The molecule has 27 heavy (non-hydrogen) atoms. The van der Waals surface area contributed by atoms with Gasteiger partial charge in [0.2, 0.25) is 10.0 Å². The molecule has 0 bridgehead atoms. The van der Waals surface area contributed by atoms with E-state index < -0.39 is 10.0 Å². The molecule has 0 heterocycles. The fourth-order valence-electron chi connectivity index (χ4n) is 2.54. The molecule has 0 fully saturated rings. The van der Waals surface area contributed by atoms with E-state index in [1.807, 2.05) is 6.07 Å². The lowest BCUT2D eigenvalue weighted by atomic mass is 10.1. The van der Waals surface area contributed by atoms with Gasteiger partial charge in [0.15, 0.2) is 0 Å². The monoisotopic (exact) mass is 408 g/mol. The van der Waals surface area contributed by atoms with Crippen LogP contribution >= 0.6 is 11.6 Å². The van der Waals surface area contributed by atoms with E-state index in [1.165, 1.54) is 4.31 Å². The number of nitrogens with zero attached hydrogens (tertiary/aromatic N) is 1. The zero-order valence-electron chi connectivity index (χ0n) is 15.8. The summed E-state index contributed by atoms with van der Waals surface area (Å²) < 4.78 is 25.8. The first-order chi connectivity index (χ1) is 12.7. The molecule has 0 saturated carbocycles. The van der Waals surface area contributed by atoms with Gasteiger partial charge in [0.25, 0.3) is 5.91 Å². The van der Waals surface area contributed by atoms with Crippen LogP contribution in [0.25, 0.3) is 0 Å². The number of nitrogens with one attached hydrogen (secondary N) is 1. The van der Waals surface area contributed by atoms with E-state index in [0.717, 1.165) is 12.7 Å². The molecule has 5 nitrogen and oxygen atoms in total. The Labute approximate surface area is 166 Å². The van der Waals surface area contributed by atoms with Crippen molar-refractivity contribution in [3.63, 3.8) is 0 Å². The number of amides is 1. The van der Waals surface area contributed by atoms with Crippen LogP contribution in [-0.2, 0) is 16.6 Å². The van der Waals surface area contributed by atoms with Crippen LogP contribution in [0.4, 0.5) is 5.69 Å². The molecule has 2 aromatic carbocycles. The Hall–Kier alpha value is -2.05. The van der Waals surface area contributed by atoms with E-state index in [9.17, 15) is 13.2 Å². The molecular weight excluding hydrogens is 384 g/mol. The predicted octanol–water partition coefficient (Wildman–Crippen LogP) is 4.08. The van der Waals surface area contributed by atoms with Crippen LogP contribution in [0.1, 0.15) is 36.2 Å². The Morgan fingerprint density at radius 3 is 2.30 bits per heavy atom. The number of halogens is 1. The number of anilines is 1. The largest absolute Gasteiger partial charge is 0.352 e. The van der Waals surface area contributed by atoms with Crippen LogP contribution in [0.2, 0.25) is 5.02 Å². The third-order valence-corrected chi connectivity index (χ3v) is 5.61. The molecule has 0 radical (unpaired) electrons. The molecule has 0 aromatic heterocycles. The number of carbonyl (C=O) groups is 1. The van der Waals surface area contributed by atoms with Crippen molar-refractivity contribution in [2.45, 2.75) is 26.8 Å². The highest BCUT2D eigenvalue weighted by Crippen LogP contribution is 2.24. The van der Waals surface area contributed by atoms with Crippen molar-refractivity contribution in [3.05, 3.63) is 64.7 Å². The first kappa shape index (κ1) is 21.3. The lowest BCUT2D eigenvalue weighted by Crippen LogP contribution is -2.29. The van der Waals surface area contributed by atoms with Crippen molar-refractivity contribution >= 4 is 33.2 Å². The van der Waals surface area contributed by atoms with Gasteiger partial charge in [0, 0.05) is 17.1 Å². The first-order valence-electron chi connectivity index (χ1n) is 8.78. The van der Waals surface area contributed by atoms with E-state index in [1.54, 1.807) is 42.5 Å². The van der Waals surface area contributed by atoms with Crippen LogP contribution in [0, 0.1) is 5.92 Å². The second-order valence-electron chi connectivity index (χ2n) is 6.85. The summed E-state index contributed by atoms with van der Waals surface area (Å²) in [4.78, 5) is 12.2. The minimum absolute atomic E-state index is 0.123. The summed E-state index contributed by atoms with van der Waals surface area (Å²) in [6.45, 7) is 4.93. The zero-order chi connectivity index (χ0) is 20.0. The third kappa shape index (κ3) is 6.26. The Morgan fingerprint density at radius 2 is 1.74 bits per heavy atom. The van der Waals surface area contributed by atoms with Gasteiger partial charge in [0.05, 0.1) is 18.5 Å². The second kappa shape index (κ2) is 9.24. The molecule has 0 spiro atoms. The minimum atomic E-state index is -3.52. The molecule has 7 heteroatoms. The number of hydrogen-bond donors (Lipinski definition) is 1. The fraction of sp³-hybridized carbons (Fsp3) is 0.350. The molecule has 0 aliphatic carbocycles. The van der Waals surface area contributed by atoms with Gasteiger partial charge in [-0.1, -0.05) is 43.6 Å². The molecule has 0 aliphatic heterocycles. The van der Waals surface area contributed by atoms with E-state index >= 15 is 0 Å². The SMILES string of the molecule is CC(C)CCNC(=O)c1ccc(N(Cc2ccccc2Cl)S(C)(=O)=O)cc1. The Morgan fingerprint density at radius 1 is 1.11 bits per heavy atom. The molecule has 1 N–H and O–H groups in total. The van der Waals surface area contributed by atoms with Crippen molar-refractivity contribution in [2.24, 2.45) is 5.92 Å². The highest BCUT2D eigenvalue weighted by atomic mass is 35.5. The van der Waals surface area contributed by atoms with Crippen LogP contribution in [0.15, 0.2) is 48.5 Å². The van der Waals surface area contributed by atoms with Crippen LogP contribution in [0.3, 0.4) is 0 Å². The lowest BCUT2D eigenvalue weighted by Gasteiger charge is -2.23. The summed E-state index contributed by atoms with van der Waals surface area (Å²) in [5.74, 6) is 0.347. The number of benzene rings is 2. The summed E-state index contributed by atoms with van der Waals surface area (Å²) in [5.41, 5.74) is 1.69. The molecule has 2 rings (SSSR count). The number of sulfonamides is 1. The van der Waals surface area contributed by atoms with E-state index in [2.05, 4.69) is 19.2 Å². The predicted molar refractivity (Wildman–Crippen MR) is 111 cm³/mol. The molecule has 0 unspecified atom stereocenters. The molecular formula is C20H25ClN2O3S. The van der Waals surface area contributed by atoms with Gasteiger partial charge < -0.3 is 5.32 Å². The summed E-state index contributed by atoms with van der Waals surface area (Å²) >= 11 is 6.17. The molecule has 146 valence electrons. The standard InChI is InChI=1S/C20H25ClN2O3S/c1-15(2)12-13-22-20(24)16-8-10-18(11-9-16)23(27(3,25)26)14-17-6-4-5-7-19(17)21/h4-11,15H,12-14H2,1-3H3,(H,22,24). The van der Waals surface area contributed by atoms with Crippen molar-refractivity contribution in [1.29, 1.82) is 0 Å². The van der Waals surface area contributed by atoms with Crippen LogP contribution in [-0.4, -0.2) is 27.1 Å². The third-order valence-electron chi connectivity index (χ3n) is 4.10. The topological polar surface area (TPSA) is 66.5 Å². The van der Waals surface area contributed by atoms with E-state index in [0.29, 0.717) is 34.3 Å². The second-order valence-corrected chi connectivity index (χ2v) is 9.16. The lowest BCUT2D eigenvalue weighted by molar-refractivity contribution is 0.0952. The highest BCUT2D eigenvalue weighted by Gasteiger charge is 2.19. The number of rotatable bonds is 8. The van der Waals surface area contributed by atoms with Crippen LogP contribution in [0.5, 0.6) is 0 Å². The van der Waals surface area contributed by atoms with Crippen molar-refractivity contribution in [3.8, 4) is 0 Å². The van der Waals surface area contributed by atoms with Crippen molar-refractivity contribution < 1.29 is 13.2 Å². The summed E-state index contributed by atoms with van der Waals surface area (Å²) in [6.07, 6.45) is 2.06. The average Bonchev–Trinajstić information content (AvgIpc) is 2.60. The zero-order valence-corrected chi connectivity index (χ0v) is 17.3. The number of hydrogen-bond acceptors (Lipinski definition) is 3. The minimum Gasteiger partial charge on any atom is -0.352 e. The maximum atomic E-state index is 12.3. The van der Waals surface area contributed by atoms with Crippen LogP contribution < -0.4 is 9.62 Å². The van der Waals surface area contributed by atoms with Gasteiger partial charge in [-0.25, -0.2) is 8.42 Å². The first-order valence-corrected chi connectivity index (χ1v) is 11.0. The Kier molecular flexibility index (Phi) is 7.27. The Bertz CT molecular complexity index is 880. The van der Waals surface area contributed by atoms with Gasteiger partial charge in [-0.15, -0.1) is 0 Å². The van der Waals surface area contributed by atoms with Gasteiger partial charge in [-0.3, -0.25) is 9.10 Å². The summed E-state index contributed by atoms with van der Waals surface area (Å²) in [6, 6.07) is 13.6. The maximum Gasteiger partial charge on any atom is 0.251 e. The normalized spacial score (nSPS) is 11.4. The van der Waals surface area contributed by atoms with Gasteiger partial charge in [-0.2, -0.15) is 0 Å². The summed E-state index contributed by atoms with van der Waals surface area (Å²) in [5, 5.41) is 3.38. The van der Waals surface area contributed by atoms with E-state index in [4.69, 9.17) is 11.6 Å². The highest BCUT2D eigenvalue weighted by molar-refractivity contribution is 7.92. The quantitative estimate of drug-likeness (QED) is 0.715. The molecule has 0 saturated heterocycles. The van der Waals surface area contributed by atoms with Gasteiger partial charge in [-0.05, 0) is 48.2 Å². The van der Waals surface area contributed by atoms with Gasteiger partial charge in [0.1, 0.15) is 0 Å². The summed E-state index contributed by atoms with van der Waals surface area (Å²) in [7, 11) is -3.52. The van der Waals surface area contributed by atoms with Crippen molar-refractivity contribution in [2.75, 3.05) is 17.1 Å².